The Balaban J connectivity index is -0.00000180. The second-order valence-corrected chi connectivity index (χ2v) is 6.51. The largest absolute Gasteiger partial charge is 4.00 e. The van der Waals surface area contributed by atoms with E-state index in [9.17, 15) is 0 Å². The van der Waals surface area contributed by atoms with Crippen LogP contribution in [0.4, 0.5) is 0 Å². The fourth-order valence-corrected chi connectivity index (χ4v) is 2.54. The van der Waals surface area contributed by atoms with Crippen LogP contribution in [0.2, 0.25) is 0 Å². The summed E-state index contributed by atoms with van der Waals surface area (Å²) in [6.45, 7) is 18.1. The molecule has 0 aliphatic rings. The molecule has 5 heteroatoms. The molecule has 0 bridgehead atoms. The molecule has 130 valence electrons. The summed E-state index contributed by atoms with van der Waals surface area (Å²) in [6, 6.07) is 1.90. The number of rotatable bonds is 11. The van der Waals surface area contributed by atoms with Crippen molar-refractivity contribution in [3.8, 4) is 0 Å². The van der Waals surface area contributed by atoms with E-state index in [4.69, 9.17) is 10.6 Å². The summed E-state index contributed by atoms with van der Waals surface area (Å²) >= 11 is 0. The first kappa shape index (κ1) is 27.4. The minimum absolute atomic E-state index is 0. The Bertz CT molecular complexity index is 219. The van der Waals surface area contributed by atoms with E-state index in [1.165, 1.54) is 0 Å². The van der Waals surface area contributed by atoms with Crippen molar-refractivity contribution in [2.45, 2.75) is 78.7 Å². The van der Waals surface area contributed by atoms with Gasteiger partial charge in [0.2, 0.25) is 0 Å². The van der Waals surface area contributed by atoms with Gasteiger partial charge in [0.15, 0.2) is 0 Å². The van der Waals surface area contributed by atoms with E-state index in [-0.39, 0.29) is 29.1 Å². The Morgan fingerprint density at radius 1 is 0.682 bits per heavy atom. The first-order valence-electron chi connectivity index (χ1n) is 7.95. The van der Waals surface area contributed by atoms with Crippen molar-refractivity contribution in [1.29, 1.82) is 0 Å². The molecular formula is C17H38N4Ti. The molecule has 22 heavy (non-hydrogen) atoms. The molecule has 0 heterocycles. The van der Waals surface area contributed by atoms with Crippen molar-refractivity contribution < 1.29 is 21.7 Å². The number of hydrogen-bond acceptors (Lipinski definition) is 1. The topological polar surface area (TPSA) is 45.5 Å². The normalized spacial score (nSPS) is 15.4. The van der Waals surface area contributed by atoms with Gasteiger partial charge >= 0.3 is 21.7 Å². The van der Waals surface area contributed by atoms with Crippen LogP contribution in [0, 0.1) is 7.43 Å². The molecule has 0 N–H and O–H groups in total. The fourth-order valence-electron chi connectivity index (χ4n) is 2.54. The maximum Gasteiger partial charge on any atom is 4.00 e. The average Bonchev–Trinajstić information content (AvgIpc) is 2.25. The van der Waals surface area contributed by atoms with E-state index in [0.717, 1.165) is 19.6 Å². The van der Waals surface area contributed by atoms with Crippen molar-refractivity contribution >= 4 is 0 Å². The summed E-state index contributed by atoms with van der Waals surface area (Å²) in [7, 11) is 1.90. The van der Waals surface area contributed by atoms with Crippen LogP contribution in [0.5, 0.6) is 0 Å². The van der Waals surface area contributed by atoms with Crippen molar-refractivity contribution in [2.24, 2.45) is 0 Å². The monoisotopic (exact) mass is 346 g/mol. The van der Waals surface area contributed by atoms with Gasteiger partial charge in [-0.25, -0.2) is 0 Å². The van der Waals surface area contributed by atoms with E-state index in [1.54, 1.807) is 0 Å². The maximum atomic E-state index is 4.72. The maximum absolute atomic E-state index is 4.72. The molecular weight excluding hydrogens is 308 g/mol. The molecule has 0 aromatic rings. The van der Waals surface area contributed by atoms with Crippen LogP contribution < -0.4 is 0 Å². The molecule has 0 aliphatic carbocycles. The Hall–Kier alpha value is 0.554. The Morgan fingerprint density at radius 3 is 1.27 bits per heavy atom. The van der Waals surface area contributed by atoms with E-state index in [0.29, 0.717) is 30.2 Å². The minimum Gasteiger partial charge on any atom is -0.661 e. The number of nitrogens with zero attached hydrogens (tertiary/aromatic N) is 4. The van der Waals surface area contributed by atoms with Crippen molar-refractivity contribution in [2.75, 3.05) is 26.7 Å². The minimum atomic E-state index is 0. The molecule has 0 spiro atoms. The molecule has 0 saturated carbocycles. The van der Waals surface area contributed by atoms with Crippen LogP contribution in [0.3, 0.4) is 0 Å². The van der Waals surface area contributed by atoms with Crippen molar-refractivity contribution in [3.63, 3.8) is 0 Å². The zero-order valence-corrected chi connectivity index (χ0v) is 17.9. The third kappa shape index (κ3) is 15.4. The van der Waals surface area contributed by atoms with Crippen LogP contribution in [-0.4, -0.2) is 61.8 Å². The molecule has 4 nitrogen and oxygen atoms in total. The van der Waals surface area contributed by atoms with Gasteiger partial charge in [-0.05, 0) is 19.6 Å². The zero-order chi connectivity index (χ0) is 15.7. The number of likely N-dealkylation sites (N-methyl/N-ethyl adjacent to an activating group) is 1. The molecule has 0 amide bonds. The molecule has 3 atom stereocenters. The standard InChI is InChI=1S/C16H35N4.CH3.Ti/c1-12(2)18-15(6)10-20(9-14(5)17-8)11-16(7)19-13(3)4;;/h12-16H,9-11H2,1-8H3;1H3;/q-3;-1;+4. The second kappa shape index (κ2) is 15.1. The van der Waals surface area contributed by atoms with Gasteiger partial charge in [0.1, 0.15) is 0 Å². The van der Waals surface area contributed by atoms with E-state index < -0.39 is 0 Å². The average molecular weight is 346 g/mol. The van der Waals surface area contributed by atoms with Gasteiger partial charge in [0, 0.05) is 0 Å². The Labute approximate surface area is 155 Å². The summed E-state index contributed by atoms with van der Waals surface area (Å²) in [6.07, 6.45) is 0. The van der Waals surface area contributed by atoms with Gasteiger partial charge < -0.3 is 28.3 Å². The summed E-state index contributed by atoms with van der Waals surface area (Å²) in [4.78, 5) is 2.46. The molecule has 3 unspecified atom stereocenters. The second-order valence-electron chi connectivity index (χ2n) is 6.51. The zero-order valence-electron chi connectivity index (χ0n) is 16.3. The van der Waals surface area contributed by atoms with Crippen molar-refractivity contribution in [1.82, 2.24) is 4.90 Å². The first-order valence-corrected chi connectivity index (χ1v) is 7.95. The van der Waals surface area contributed by atoms with Crippen LogP contribution in [-0.2, 0) is 21.7 Å². The molecule has 0 rings (SSSR count). The van der Waals surface area contributed by atoms with Gasteiger partial charge in [-0.2, -0.15) is 7.05 Å². The third-order valence-electron chi connectivity index (χ3n) is 3.11. The quantitative estimate of drug-likeness (QED) is 0.402. The summed E-state index contributed by atoms with van der Waals surface area (Å²) in [5.41, 5.74) is 0. The Kier molecular flexibility index (Phi) is 18.8. The predicted octanol–water partition coefficient (Wildman–Crippen LogP) is 4.47. The van der Waals surface area contributed by atoms with Crippen LogP contribution in [0.1, 0.15) is 48.5 Å². The Morgan fingerprint density at radius 2 is 1.00 bits per heavy atom. The summed E-state index contributed by atoms with van der Waals surface area (Å²) in [5.74, 6) is 0. The molecule has 0 fully saturated rings. The summed E-state index contributed by atoms with van der Waals surface area (Å²) < 4.78 is 0. The van der Waals surface area contributed by atoms with Gasteiger partial charge in [-0.1, -0.05) is 48.5 Å². The molecule has 0 radical (unpaired) electrons. The fraction of sp³-hybridized carbons (Fsp3) is 0.941. The van der Waals surface area contributed by atoms with Crippen molar-refractivity contribution in [3.05, 3.63) is 23.4 Å². The van der Waals surface area contributed by atoms with Gasteiger partial charge in [-0.3, -0.25) is 0 Å². The molecule has 0 saturated heterocycles. The summed E-state index contributed by atoms with van der Waals surface area (Å²) in [5, 5.41) is 13.8. The predicted molar refractivity (Wildman–Crippen MR) is 97.5 cm³/mol. The van der Waals surface area contributed by atoms with E-state index in [2.05, 4.69) is 58.7 Å². The van der Waals surface area contributed by atoms with Gasteiger partial charge in [0.25, 0.3) is 0 Å². The molecule has 0 aromatic carbocycles. The molecule has 0 aromatic heterocycles. The van der Waals surface area contributed by atoms with Crippen LogP contribution in [0.25, 0.3) is 16.0 Å². The molecule has 0 aliphatic heterocycles. The first-order chi connectivity index (χ1) is 9.24. The van der Waals surface area contributed by atoms with Crippen LogP contribution >= 0.6 is 0 Å². The van der Waals surface area contributed by atoms with E-state index in [1.807, 2.05) is 7.05 Å². The smallest absolute Gasteiger partial charge is 0.661 e. The van der Waals surface area contributed by atoms with Gasteiger partial charge in [-0.15, -0.1) is 30.2 Å². The van der Waals surface area contributed by atoms with Gasteiger partial charge in [0.05, 0.1) is 0 Å². The van der Waals surface area contributed by atoms with Crippen LogP contribution in [0.15, 0.2) is 0 Å². The third-order valence-corrected chi connectivity index (χ3v) is 3.11. The van der Waals surface area contributed by atoms with E-state index >= 15 is 0 Å². The SMILES string of the molecule is C[N-]C(C)CN(CC(C)[N-]C(C)C)CC(C)[N-]C(C)C.[CH3-].[Ti+4]. The number of hydrogen-bond donors (Lipinski definition) is 0.